The molecule has 1 unspecified atom stereocenters. The summed E-state index contributed by atoms with van der Waals surface area (Å²) in [6.45, 7) is 14.1. The van der Waals surface area contributed by atoms with Gasteiger partial charge < -0.3 is 14.2 Å². The first-order chi connectivity index (χ1) is 18.7. The molecule has 0 bridgehead atoms. The van der Waals surface area contributed by atoms with E-state index in [1.165, 1.54) is 6.07 Å². The van der Waals surface area contributed by atoms with Crippen molar-refractivity contribution < 1.29 is 9.13 Å². The molecule has 2 saturated heterocycles. The maximum atomic E-state index is 14.0. The van der Waals surface area contributed by atoms with Crippen LogP contribution < -0.4 is 4.90 Å². The summed E-state index contributed by atoms with van der Waals surface area (Å²) in [5.74, 6) is 2.26. The molecule has 4 atom stereocenters. The Morgan fingerprint density at radius 2 is 1.97 bits per heavy atom. The van der Waals surface area contributed by atoms with Gasteiger partial charge in [0, 0.05) is 37.8 Å². The van der Waals surface area contributed by atoms with Crippen LogP contribution >= 0.6 is 11.6 Å². The van der Waals surface area contributed by atoms with Crippen LogP contribution in [0.25, 0.3) is 16.9 Å². The molecule has 11 heteroatoms. The van der Waals surface area contributed by atoms with Crippen molar-refractivity contribution in [2.45, 2.75) is 78.2 Å². The van der Waals surface area contributed by atoms with Crippen molar-refractivity contribution in [2.75, 3.05) is 24.6 Å². The summed E-state index contributed by atoms with van der Waals surface area (Å²) in [6, 6.07) is 5.59. The predicted molar refractivity (Wildman–Crippen MR) is 150 cm³/mol. The molecule has 0 amide bonds. The number of hydrogen-bond donors (Lipinski definition) is 0. The Morgan fingerprint density at radius 3 is 2.69 bits per heavy atom. The van der Waals surface area contributed by atoms with Crippen LogP contribution in [0.5, 0.6) is 0 Å². The van der Waals surface area contributed by atoms with Gasteiger partial charge in [-0.15, -0.1) is 10.2 Å². The third-order valence-corrected chi connectivity index (χ3v) is 8.59. The number of benzene rings is 1. The van der Waals surface area contributed by atoms with E-state index in [2.05, 4.69) is 52.3 Å². The van der Waals surface area contributed by atoms with Crippen molar-refractivity contribution in [3.63, 3.8) is 0 Å². The Bertz CT molecular complexity index is 1500. The van der Waals surface area contributed by atoms with Gasteiger partial charge >= 0.3 is 0 Å². The molecule has 0 spiro atoms. The van der Waals surface area contributed by atoms with E-state index in [-0.39, 0.29) is 35.1 Å². The molecule has 208 valence electrons. The van der Waals surface area contributed by atoms with Gasteiger partial charge in [0.05, 0.1) is 17.7 Å². The first kappa shape index (κ1) is 26.4. The second kappa shape index (κ2) is 10.3. The molecule has 2 aliphatic heterocycles. The lowest BCUT2D eigenvalue weighted by atomic mass is 9.91. The normalized spacial score (nSPS) is 23.5. The van der Waals surface area contributed by atoms with Crippen LogP contribution in [0, 0.1) is 18.7 Å². The smallest absolute Gasteiger partial charge is 0.258 e. The fourth-order valence-corrected chi connectivity index (χ4v) is 6.64. The minimum Gasteiger partial charge on any atom is -0.376 e. The van der Waals surface area contributed by atoms with E-state index in [9.17, 15) is 4.39 Å². The Morgan fingerprint density at radius 1 is 1.15 bits per heavy atom. The Kier molecular flexibility index (Phi) is 6.97. The van der Waals surface area contributed by atoms with Crippen LogP contribution in [-0.2, 0) is 11.3 Å². The summed E-state index contributed by atoms with van der Waals surface area (Å²) in [7, 11) is 0. The number of halogens is 2. The molecule has 0 radical (unpaired) electrons. The van der Waals surface area contributed by atoms with Gasteiger partial charge in [-0.2, -0.15) is 4.98 Å². The summed E-state index contributed by atoms with van der Waals surface area (Å²) in [5, 5.41) is 8.66. The molecule has 4 aromatic rings. The molecule has 0 N–H and O–H groups in total. The molecule has 6 rings (SSSR count). The van der Waals surface area contributed by atoms with E-state index in [0.717, 1.165) is 67.5 Å². The number of ether oxygens (including phenoxy) is 1. The number of imidazole rings is 1. The highest BCUT2D eigenvalue weighted by molar-refractivity contribution is 6.30. The predicted octanol–water partition coefficient (Wildman–Crippen LogP) is 5.05. The van der Waals surface area contributed by atoms with Gasteiger partial charge in [0.15, 0.2) is 11.5 Å². The molecular formula is C28H36ClFN8O. The summed E-state index contributed by atoms with van der Waals surface area (Å²) in [5.41, 5.74) is 2.85. The van der Waals surface area contributed by atoms with Gasteiger partial charge in [0.2, 0.25) is 0 Å². The maximum Gasteiger partial charge on any atom is 0.258 e. The van der Waals surface area contributed by atoms with Crippen LogP contribution in [0.15, 0.2) is 24.5 Å². The average Bonchev–Trinajstić information content (AvgIpc) is 3.64. The Balaban J connectivity index is 1.37. The zero-order valence-corrected chi connectivity index (χ0v) is 23.9. The Labute approximate surface area is 232 Å². The van der Waals surface area contributed by atoms with Crippen molar-refractivity contribution >= 4 is 34.4 Å². The standard InChI is InChI=1S/C28H36ClFN8O/c1-16(2)25(20-8-9-23(30)22(29)11-20)35-12-18(4)36(13-17(35)3)26-24-27(38-15-31-34-28(38)33-26)37(19(5)32-24)14-21-7-6-10-39-21/h8-9,11,15-18,21,25H,6-7,10,12-14H2,1-5H3/t17-,18+,21?,25-/m1/s1. The van der Waals surface area contributed by atoms with E-state index >= 15 is 0 Å². The number of anilines is 1. The third kappa shape index (κ3) is 4.66. The van der Waals surface area contributed by atoms with Gasteiger partial charge in [-0.25, -0.2) is 13.8 Å². The first-order valence-corrected chi connectivity index (χ1v) is 14.3. The zero-order valence-electron chi connectivity index (χ0n) is 23.2. The average molecular weight is 555 g/mol. The van der Waals surface area contributed by atoms with E-state index < -0.39 is 0 Å². The van der Waals surface area contributed by atoms with Gasteiger partial charge in [-0.1, -0.05) is 31.5 Å². The van der Waals surface area contributed by atoms with Crippen LogP contribution in [0.3, 0.4) is 0 Å². The fourth-order valence-electron chi connectivity index (χ4n) is 6.45. The maximum absolute atomic E-state index is 14.0. The van der Waals surface area contributed by atoms with Crippen molar-refractivity contribution in [2.24, 2.45) is 5.92 Å². The van der Waals surface area contributed by atoms with Crippen molar-refractivity contribution in [3.05, 3.63) is 46.8 Å². The lowest BCUT2D eigenvalue weighted by molar-refractivity contribution is 0.0821. The van der Waals surface area contributed by atoms with Gasteiger partial charge in [-0.05, 0) is 57.2 Å². The number of aryl methyl sites for hydroxylation is 1. The summed E-state index contributed by atoms with van der Waals surface area (Å²) < 4.78 is 24.1. The molecule has 2 fully saturated rings. The highest BCUT2D eigenvalue weighted by Crippen LogP contribution is 2.37. The third-order valence-electron chi connectivity index (χ3n) is 8.30. The summed E-state index contributed by atoms with van der Waals surface area (Å²) >= 11 is 6.19. The number of nitrogens with zero attached hydrogens (tertiary/aromatic N) is 8. The molecule has 1 aromatic carbocycles. The topological polar surface area (TPSA) is 76.6 Å². The SMILES string of the molecule is Cc1nc2c(N3C[C@@H](C)N([C@@H](c4ccc(F)c(Cl)c4)C(C)C)C[C@@H]3C)nc3nncn3c2n1CC1CCCO1. The minimum absolute atomic E-state index is 0.113. The van der Waals surface area contributed by atoms with E-state index in [0.29, 0.717) is 11.7 Å². The fraction of sp³-hybridized carbons (Fsp3) is 0.571. The van der Waals surface area contributed by atoms with Crippen molar-refractivity contribution in [3.8, 4) is 0 Å². The molecule has 0 aliphatic carbocycles. The monoisotopic (exact) mass is 554 g/mol. The van der Waals surface area contributed by atoms with Gasteiger partial charge in [0.25, 0.3) is 5.78 Å². The van der Waals surface area contributed by atoms with E-state index in [4.69, 9.17) is 26.3 Å². The van der Waals surface area contributed by atoms with E-state index in [1.54, 1.807) is 12.4 Å². The molecule has 0 saturated carbocycles. The van der Waals surface area contributed by atoms with E-state index in [1.807, 2.05) is 17.4 Å². The molecule has 3 aromatic heterocycles. The number of fused-ring (bicyclic) bond motifs is 3. The molecule has 39 heavy (non-hydrogen) atoms. The quantitative estimate of drug-likeness (QED) is 0.330. The number of piperazine rings is 1. The molecule has 2 aliphatic rings. The largest absolute Gasteiger partial charge is 0.376 e. The number of rotatable bonds is 6. The first-order valence-electron chi connectivity index (χ1n) is 13.9. The summed E-state index contributed by atoms with van der Waals surface area (Å²) in [6.07, 6.45) is 4.04. The van der Waals surface area contributed by atoms with Crippen LogP contribution in [0.1, 0.15) is 58.0 Å². The van der Waals surface area contributed by atoms with Gasteiger partial charge in [-0.3, -0.25) is 4.90 Å². The van der Waals surface area contributed by atoms with Crippen LogP contribution in [0.2, 0.25) is 5.02 Å². The van der Waals surface area contributed by atoms with Crippen molar-refractivity contribution in [1.29, 1.82) is 0 Å². The lowest BCUT2D eigenvalue weighted by Gasteiger charge is -2.49. The lowest BCUT2D eigenvalue weighted by Crippen LogP contribution is -2.58. The van der Waals surface area contributed by atoms with Crippen LogP contribution in [0.4, 0.5) is 10.2 Å². The number of hydrogen-bond acceptors (Lipinski definition) is 7. The molecule has 9 nitrogen and oxygen atoms in total. The summed E-state index contributed by atoms with van der Waals surface area (Å²) in [4.78, 5) is 14.9. The number of aromatic nitrogens is 6. The molecule has 5 heterocycles. The minimum atomic E-state index is -0.387. The van der Waals surface area contributed by atoms with Crippen molar-refractivity contribution in [1.82, 2.24) is 34.0 Å². The Hall–Kier alpha value is -2.82. The van der Waals surface area contributed by atoms with Gasteiger partial charge in [0.1, 0.15) is 23.5 Å². The van der Waals surface area contributed by atoms with Crippen LogP contribution in [-0.4, -0.2) is 71.9 Å². The highest BCUT2D eigenvalue weighted by Gasteiger charge is 2.37. The zero-order chi connectivity index (χ0) is 27.4. The molecular weight excluding hydrogens is 519 g/mol. The second-order valence-electron chi connectivity index (χ2n) is 11.4. The highest BCUT2D eigenvalue weighted by atomic mass is 35.5. The second-order valence-corrected chi connectivity index (χ2v) is 11.8.